The van der Waals surface area contributed by atoms with Crippen molar-refractivity contribution >= 4 is 41.3 Å². The van der Waals surface area contributed by atoms with Gasteiger partial charge in [-0.1, -0.05) is 18.2 Å². The fourth-order valence-corrected chi connectivity index (χ4v) is 3.14. The van der Waals surface area contributed by atoms with Gasteiger partial charge in [0.25, 0.3) is 0 Å². The van der Waals surface area contributed by atoms with Crippen LogP contribution >= 0.6 is 35.3 Å². The Morgan fingerprint density at radius 1 is 1.12 bits per heavy atom. The molecule has 8 heteroatoms. The van der Waals surface area contributed by atoms with E-state index in [-0.39, 0.29) is 24.0 Å². The predicted molar refractivity (Wildman–Crippen MR) is 116 cm³/mol. The summed E-state index contributed by atoms with van der Waals surface area (Å²) in [7, 11) is 1.74. The molecule has 0 amide bonds. The molecule has 6 nitrogen and oxygen atoms in total. The lowest BCUT2D eigenvalue weighted by Gasteiger charge is -2.09. The Bertz CT molecular complexity index is 840. The minimum Gasteiger partial charge on any atom is -0.444 e. The number of thiazole rings is 1. The van der Waals surface area contributed by atoms with Gasteiger partial charge in [-0.2, -0.15) is 0 Å². The Morgan fingerprint density at radius 3 is 2.50 bits per heavy atom. The largest absolute Gasteiger partial charge is 0.444 e. The van der Waals surface area contributed by atoms with E-state index in [9.17, 15) is 0 Å². The minimum atomic E-state index is 0. The Balaban J connectivity index is 0.00000243. The molecule has 0 aliphatic carbocycles. The van der Waals surface area contributed by atoms with Gasteiger partial charge in [0, 0.05) is 17.5 Å². The molecule has 1 aromatic carbocycles. The highest BCUT2D eigenvalue weighted by atomic mass is 127. The number of nitrogens with zero attached hydrogens (tertiary/aromatic N) is 3. The van der Waals surface area contributed by atoms with Gasteiger partial charge in [-0.05, 0) is 26.0 Å². The van der Waals surface area contributed by atoms with Crippen LogP contribution < -0.4 is 10.6 Å². The van der Waals surface area contributed by atoms with Crippen molar-refractivity contribution in [3.63, 3.8) is 0 Å². The first-order valence-corrected chi connectivity index (χ1v) is 8.84. The molecular weight excluding hydrogens is 461 g/mol. The summed E-state index contributed by atoms with van der Waals surface area (Å²) in [5.74, 6) is 1.32. The predicted octanol–water partition coefficient (Wildman–Crippen LogP) is 3.90. The number of nitrogens with one attached hydrogen (secondary N) is 2. The van der Waals surface area contributed by atoms with Crippen LogP contribution in [0.3, 0.4) is 0 Å². The molecule has 3 aromatic rings. The molecule has 2 heterocycles. The topological polar surface area (TPSA) is 75.3 Å². The van der Waals surface area contributed by atoms with Crippen molar-refractivity contribution in [1.29, 1.82) is 0 Å². The summed E-state index contributed by atoms with van der Waals surface area (Å²) in [6, 6.07) is 9.84. The van der Waals surface area contributed by atoms with Crippen molar-refractivity contribution in [3.8, 4) is 11.5 Å². The highest BCUT2D eigenvalue weighted by Crippen LogP contribution is 2.18. The third kappa shape index (κ3) is 5.28. The fourth-order valence-electron chi connectivity index (χ4n) is 2.27. The van der Waals surface area contributed by atoms with E-state index in [0.29, 0.717) is 24.9 Å². The SMILES string of the molecule is CN=C(NCc1coc(-c2ccccc2)n1)NCc1nc(C)c(C)s1.I. The third-order valence-electron chi connectivity index (χ3n) is 3.71. The van der Waals surface area contributed by atoms with Crippen LogP contribution in [0.2, 0.25) is 0 Å². The number of guanidine groups is 1. The molecule has 0 aliphatic rings. The molecule has 0 atom stereocenters. The van der Waals surface area contributed by atoms with Crippen molar-refractivity contribution in [2.45, 2.75) is 26.9 Å². The second-order valence-corrected chi connectivity index (χ2v) is 6.83. The summed E-state index contributed by atoms with van der Waals surface area (Å²) >= 11 is 1.70. The number of benzene rings is 1. The average molecular weight is 483 g/mol. The van der Waals surface area contributed by atoms with Gasteiger partial charge in [0.15, 0.2) is 5.96 Å². The molecule has 0 saturated carbocycles. The normalized spacial score (nSPS) is 11.1. The van der Waals surface area contributed by atoms with E-state index < -0.39 is 0 Å². The molecule has 0 fully saturated rings. The molecular formula is C18H22IN5OS. The van der Waals surface area contributed by atoms with Gasteiger partial charge in [0.1, 0.15) is 11.3 Å². The molecule has 0 aliphatic heterocycles. The number of hydrogen-bond acceptors (Lipinski definition) is 5. The van der Waals surface area contributed by atoms with Gasteiger partial charge < -0.3 is 15.1 Å². The monoisotopic (exact) mass is 483 g/mol. The van der Waals surface area contributed by atoms with Crippen LogP contribution in [0.4, 0.5) is 0 Å². The lowest BCUT2D eigenvalue weighted by molar-refractivity contribution is 0.572. The maximum Gasteiger partial charge on any atom is 0.226 e. The Hall–Kier alpha value is -1.94. The lowest BCUT2D eigenvalue weighted by atomic mass is 10.2. The number of rotatable bonds is 5. The lowest BCUT2D eigenvalue weighted by Crippen LogP contribution is -2.36. The zero-order valence-electron chi connectivity index (χ0n) is 14.9. The maximum atomic E-state index is 5.54. The first kappa shape index (κ1) is 20.4. The van der Waals surface area contributed by atoms with Crippen LogP contribution in [0.1, 0.15) is 21.3 Å². The van der Waals surface area contributed by atoms with Gasteiger partial charge in [-0.3, -0.25) is 4.99 Å². The summed E-state index contributed by atoms with van der Waals surface area (Å²) in [5, 5.41) is 7.55. The quantitative estimate of drug-likeness (QED) is 0.327. The van der Waals surface area contributed by atoms with Crippen molar-refractivity contribution in [3.05, 3.63) is 57.9 Å². The molecule has 26 heavy (non-hydrogen) atoms. The van der Waals surface area contributed by atoms with Gasteiger partial charge in [-0.15, -0.1) is 35.3 Å². The standard InChI is InChI=1S/C18H21N5OS.HI/c1-12-13(2)25-16(22-12)10-21-18(19-3)20-9-15-11-24-17(23-15)14-7-5-4-6-8-14;/h4-8,11H,9-10H2,1-3H3,(H2,19,20,21);1H. The summed E-state index contributed by atoms with van der Waals surface area (Å²) in [4.78, 5) is 14.5. The van der Waals surface area contributed by atoms with Crippen LogP contribution in [-0.2, 0) is 13.1 Å². The number of aryl methyl sites for hydroxylation is 2. The van der Waals surface area contributed by atoms with Gasteiger partial charge >= 0.3 is 0 Å². The summed E-state index contributed by atoms with van der Waals surface area (Å²) in [5.41, 5.74) is 2.87. The van der Waals surface area contributed by atoms with Crippen molar-refractivity contribution in [1.82, 2.24) is 20.6 Å². The second kappa shape index (κ2) is 9.67. The Morgan fingerprint density at radius 2 is 1.85 bits per heavy atom. The van der Waals surface area contributed by atoms with E-state index in [1.54, 1.807) is 24.6 Å². The smallest absolute Gasteiger partial charge is 0.226 e. The van der Waals surface area contributed by atoms with Crippen LogP contribution in [0.5, 0.6) is 0 Å². The number of aliphatic imine (C=N–C) groups is 1. The maximum absolute atomic E-state index is 5.54. The highest BCUT2D eigenvalue weighted by Gasteiger charge is 2.08. The average Bonchev–Trinajstić information content (AvgIpc) is 3.23. The van der Waals surface area contributed by atoms with E-state index in [1.807, 2.05) is 37.3 Å². The molecule has 2 N–H and O–H groups in total. The van der Waals surface area contributed by atoms with Crippen molar-refractivity contribution in [2.24, 2.45) is 4.99 Å². The number of halogens is 1. The Kier molecular flexibility index (Phi) is 7.58. The van der Waals surface area contributed by atoms with E-state index >= 15 is 0 Å². The van der Waals surface area contributed by atoms with Gasteiger partial charge in [0.2, 0.25) is 5.89 Å². The summed E-state index contributed by atoms with van der Waals surface area (Å²) < 4.78 is 5.54. The molecule has 3 rings (SSSR count). The first-order valence-electron chi connectivity index (χ1n) is 8.03. The van der Waals surface area contributed by atoms with E-state index in [2.05, 4.69) is 32.5 Å². The molecule has 0 radical (unpaired) electrons. The van der Waals surface area contributed by atoms with Crippen molar-refractivity contribution in [2.75, 3.05) is 7.05 Å². The molecule has 2 aromatic heterocycles. The first-order chi connectivity index (χ1) is 12.2. The number of aromatic nitrogens is 2. The molecule has 0 saturated heterocycles. The fraction of sp³-hybridized carbons (Fsp3) is 0.278. The van der Waals surface area contributed by atoms with Gasteiger partial charge in [-0.25, -0.2) is 9.97 Å². The van der Waals surface area contributed by atoms with Crippen LogP contribution in [0, 0.1) is 13.8 Å². The van der Waals surface area contributed by atoms with Crippen molar-refractivity contribution < 1.29 is 4.42 Å². The number of oxazole rings is 1. The van der Waals surface area contributed by atoms with Gasteiger partial charge in [0.05, 0.1) is 24.5 Å². The molecule has 0 bridgehead atoms. The summed E-state index contributed by atoms with van der Waals surface area (Å²) in [6.07, 6.45) is 1.66. The minimum absolute atomic E-state index is 0. The van der Waals surface area contributed by atoms with E-state index in [4.69, 9.17) is 4.42 Å². The Labute approximate surface area is 174 Å². The second-order valence-electron chi connectivity index (χ2n) is 5.54. The molecule has 0 unspecified atom stereocenters. The molecule has 0 spiro atoms. The van der Waals surface area contributed by atoms with E-state index in [0.717, 1.165) is 22.0 Å². The zero-order chi connectivity index (χ0) is 17.6. The number of hydrogen-bond donors (Lipinski definition) is 2. The zero-order valence-corrected chi connectivity index (χ0v) is 18.1. The highest BCUT2D eigenvalue weighted by molar-refractivity contribution is 14.0. The van der Waals surface area contributed by atoms with Crippen LogP contribution in [-0.4, -0.2) is 23.0 Å². The van der Waals surface area contributed by atoms with Crippen LogP contribution in [0.15, 0.2) is 46.0 Å². The summed E-state index contributed by atoms with van der Waals surface area (Å²) in [6.45, 7) is 5.29. The molecule has 138 valence electrons. The third-order valence-corrected chi connectivity index (χ3v) is 4.79. The van der Waals surface area contributed by atoms with Crippen LogP contribution in [0.25, 0.3) is 11.5 Å². The van der Waals surface area contributed by atoms with E-state index in [1.165, 1.54) is 4.88 Å².